The van der Waals surface area contributed by atoms with Gasteiger partial charge in [-0.25, -0.2) is 4.98 Å². The quantitative estimate of drug-likeness (QED) is 0.500. The normalized spacial score (nSPS) is 11.5. The molecule has 2 aromatic carbocycles. The lowest BCUT2D eigenvalue weighted by Gasteiger charge is -2.00. The van der Waals surface area contributed by atoms with Gasteiger partial charge in [-0.05, 0) is 36.4 Å². The highest BCUT2D eigenvalue weighted by atomic mass is 32.1. The van der Waals surface area contributed by atoms with Crippen LogP contribution in [0.4, 0.5) is 0 Å². The Morgan fingerprint density at radius 3 is 2.77 bits per heavy atom. The van der Waals surface area contributed by atoms with Gasteiger partial charge in [-0.2, -0.15) is 5.26 Å². The maximum Gasteiger partial charge on any atom is 0.134 e. The van der Waals surface area contributed by atoms with Crippen LogP contribution in [0.3, 0.4) is 0 Å². The van der Waals surface area contributed by atoms with Crippen molar-refractivity contribution in [2.24, 2.45) is 0 Å². The first-order chi connectivity index (χ1) is 12.8. The van der Waals surface area contributed by atoms with Crippen LogP contribution in [0.15, 0.2) is 60.1 Å². The smallest absolute Gasteiger partial charge is 0.134 e. The van der Waals surface area contributed by atoms with E-state index in [0.717, 1.165) is 33.5 Å². The van der Waals surface area contributed by atoms with Crippen LogP contribution in [0, 0.1) is 11.3 Å². The molecule has 0 atom stereocenters. The van der Waals surface area contributed by atoms with Gasteiger partial charge in [0.2, 0.25) is 0 Å². The topological polar surface area (TPSA) is 61.7 Å². The van der Waals surface area contributed by atoms with Crippen LogP contribution >= 0.6 is 11.3 Å². The molecule has 0 amide bonds. The molecule has 5 heteroatoms. The summed E-state index contributed by atoms with van der Waals surface area (Å²) in [6, 6.07) is 18.1. The zero-order chi connectivity index (χ0) is 17.9. The number of benzene rings is 2. The van der Waals surface area contributed by atoms with Crippen LogP contribution in [0.5, 0.6) is 5.75 Å². The Morgan fingerprint density at radius 1 is 1.19 bits per heavy atom. The second-order valence-electron chi connectivity index (χ2n) is 5.73. The van der Waals surface area contributed by atoms with E-state index in [1.807, 2.05) is 66.2 Å². The Kier molecular flexibility index (Phi) is 4.26. The maximum absolute atomic E-state index is 9.62. The van der Waals surface area contributed by atoms with Crippen molar-refractivity contribution in [1.29, 1.82) is 5.26 Å². The van der Waals surface area contributed by atoms with Crippen molar-refractivity contribution in [3.05, 3.63) is 70.7 Å². The number of nitrogens with one attached hydrogen (secondary N) is 1. The van der Waals surface area contributed by atoms with Crippen LogP contribution in [0.1, 0.15) is 10.6 Å². The van der Waals surface area contributed by atoms with E-state index >= 15 is 0 Å². The molecule has 1 N–H and O–H groups in total. The molecule has 2 heterocycles. The molecule has 4 aromatic rings. The number of hydrogen-bond donors (Lipinski definition) is 1. The lowest BCUT2D eigenvalue weighted by molar-refractivity contribution is 0.415. The number of aromatic amines is 1. The van der Waals surface area contributed by atoms with E-state index in [1.54, 1.807) is 7.11 Å². The molecule has 0 bridgehead atoms. The van der Waals surface area contributed by atoms with Crippen LogP contribution in [-0.2, 0) is 0 Å². The minimum atomic E-state index is 0.555. The van der Waals surface area contributed by atoms with E-state index in [-0.39, 0.29) is 0 Å². The summed E-state index contributed by atoms with van der Waals surface area (Å²) in [4.78, 5) is 7.87. The number of H-pyrrole nitrogens is 1. The van der Waals surface area contributed by atoms with Gasteiger partial charge in [-0.3, -0.25) is 0 Å². The summed E-state index contributed by atoms with van der Waals surface area (Å²) in [7, 11) is 1.64. The monoisotopic (exact) mass is 357 g/mol. The molecule has 26 heavy (non-hydrogen) atoms. The first-order valence-electron chi connectivity index (χ1n) is 8.07. The second kappa shape index (κ2) is 6.87. The first-order valence-corrected chi connectivity index (χ1v) is 8.94. The number of para-hydroxylation sites is 1. The van der Waals surface area contributed by atoms with Crippen molar-refractivity contribution in [3.63, 3.8) is 0 Å². The molecule has 0 fully saturated rings. The average Bonchev–Trinajstić information content (AvgIpc) is 3.34. The summed E-state index contributed by atoms with van der Waals surface area (Å²) in [5.41, 5.74) is 4.44. The Labute approximate surface area is 155 Å². The van der Waals surface area contributed by atoms with Gasteiger partial charge in [0.05, 0.1) is 18.4 Å². The van der Waals surface area contributed by atoms with E-state index < -0.39 is 0 Å². The fourth-order valence-electron chi connectivity index (χ4n) is 2.80. The van der Waals surface area contributed by atoms with Gasteiger partial charge >= 0.3 is 0 Å². The highest BCUT2D eigenvalue weighted by molar-refractivity contribution is 7.11. The molecule has 0 saturated heterocycles. The number of nitriles is 1. The molecule has 0 spiro atoms. The van der Waals surface area contributed by atoms with E-state index in [4.69, 9.17) is 4.74 Å². The lowest BCUT2D eigenvalue weighted by atomic mass is 10.1. The van der Waals surface area contributed by atoms with Gasteiger partial charge in [0, 0.05) is 33.6 Å². The third kappa shape index (κ3) is 2.99. The highest BCUT2D eigenvalue weighted by Gasteiger charge is 2.10. The fraction of sp³-hybridized carbons (Fsp3) is 0.0476. The van der Waals surface area contributed by atoms with Gasteiger partial charge in [0.15, 0.2) is 0 Å². The van der Waals surface area contributed by atoms with Crippen LogP contribution < -0.4 is 4.74 Å². The summed E-state index contributed by atoms with van der Waals surface area (Å²) in [5, 5.41) is 13.4. The predicted molar refractivity (Wildman–Crippen MR) is 106 cm³/mol. The molecule has 0 unspecified atom stereocenters. The molecular formula is C21H15N3OS. The van der Waals surface area contributed by atoms with Gasteiger partial charge in [0.25, 0.3) is 0 Å². The predicted octanol–water partition coefficient (Wildman–Crippen LogP) is 5.36. The van der Waals surface area contributed by atoms with E-state index in [0.29, 0.717) is 10.6 Å². The van der Waals surface area contributed by atoms with Crippen LogP contribution in [0.25, 0.3) is 33.8 Å². The lowest BCUT2D eigenvalue weighted by Crippen LogP contribution is -1.84. The number of thiazole rings is 1. The van der Waals surface area contributed by atoms with Gasteiger partial charge in [-0.15, -0.1) is 11.3 Å². The van der Waals surface area contributed by atoms with Crippen molar-refractivity contribution in [3.8, 4) is 23.1 Å². The Hall–Kier alpha value is -3.36. The summed E-state index contributed by atoms with van der Waals surface area (Å²) in [6.07, 6.45) is 3.80. The molecule has 0 aliphatic heterocycles. The van der Waals surface area contributed by atoms with Crippen LogP contribution in [-0.4, -0.2) is 17.1 Å². The number of methoxy groups -OCH3 is 1. The number of rotatable bonds is 4. The minimum Gasteiger partial charge on any atom is -0.497 e. The minimum absolute atomic E-state index is 0.555. The average molecular weight is 357 g/mol. The summed E-state index contributed by atoms with van der Waals surface area (Å²) >= 11 is 1.47. The van der Waals surface area contributed by atoms with Crippen molar-refractivity contribution >= 4 is 33.9 Å². The number of ether oxygens (including phenoxy) is 1. The van der Waals surface area contributed by atoms with E-state index in [2.05, 4.69) is 16.0 Å². The zero-order valence-electron chi connectivity index (χ0n) is 14.1. The molecule has 0 aliphatic carbocycles. The van der Waals surface area contributed by atoms with E-state index in [9.17, 15) is 5.26 Å². The van der Waals surface area contributed by atoms with Crippen molar-refractivity contribution in [1.82, 2.24) is 9.97 Å². The van der Waals surface area contributed by atoms with Crippen LogP contribution in [0.2, 0.25) is 0 Å². The molecule has 0 aliphatic rings. The molecule has 4 rings (SSSR count). The van der Waals surface area contributed by atoms with Crippen molar-refractivity contribution in [2.75, 3.05) is 7.11 Å². The zero-order valence-corrected chi connectivity index (χ0v) is 14.9. The molecule has 126 valence electrons. The number of hydrogen-bond acceptors (Lipinski definition) is 4. The molecule has 0 radical (unpaired) electrons. The Morgan fingerprint density at radius 2 is 2.00 bits per heavy atom. The maximum atomic E-state index is 9.62. The summed E-state index contributed by atoms with van der Waals surface area (Å²) in [6.45, 7) is 0. The molecule has 4 nitrogen and oxygen atoms in total. The molecule has 0 saturated carbocycles. The Balaban J connectivity index is 1.69. The summed E-state index contributed by atoms with van der Waals surface area (Å²) in [5.74, 6) is 0.807. The number of allylic oxidation sites excluding steroid dienone is 1. The highest BCUT2D eigenvalue weighted by Crippen LogP contribution is 2.29. The van der Waals surface area contributed by atoms with Gasteiger partial charge in [-0.1, -0.05) is 18.2 Å². The number of nitrogens with zero attached hydrogens (tertiary/aromatic N) is 2. The number of fused-ring (bicyclic) bond motifs is 1. The third-order valence-electron chi connectivity index (χ3n) is 4.16. The van der Waals surface area contributed by atoms with Gasteiger partial charge in [0.1, 0.15) is 16.8 Å². The third-order valence-corrected chi connectivity index (χ3v) is 5.04. The molecule has 2 aromatic heterocycles. The van der Waals surface area contributed by atoms with Gasteiger partial charge < -0.3 is 9.72 Å². The summed E-state index contributed by atoms with van der Waals surface area (Å²) < 4.78 is 5.19. The van der Waals surface area contributed by atoms with E-state index in [1.165, 1.54) is 11.3 Å². The standard InChI is InChI=1S/C21H15N3OS/c1-25-17-8-6-14(7-9-17)20-13-26-21(24-20)15(11-22)10-16-12-23-19-5-3-2-4-18(16)19/h2-10,12-13,23H,1H3/b15-10+. The fourth-order valence-corrected chi connectivity index (χ4v) is 3.60. The van der Waals surface area contributed by atoms with Crippen molar-refractivity contribution in [2.45, 2.75) is 0 Å². The number of aromatic nitrogens is 2. The van der Waals surface area contributed by atoms with Crippen molar-refractivity contribution < 1.29 is 4.74 Å². The largest absolute Gasteiger partial charge is 0.497 e. The first kappa shape index (κ1) is 16.1. The molecular weight excluding hydrogens is 342 g/mol. The SMILES string of the molecule is COc1ccc(-c2csc(/C(C#N)=C/c3c[nH]c4ccccc34)n2)cc1. The Bertz CT molecular complexity index is 1130. The second-order valence-corrected chi connectivity index (χ2v) is 6.58.